The summed E-state index contributed by atoms with van der Waals surface area (Å²) in [4.78, 5) is 28.4. The second-order valence-electron chi connectivity index (χ2n) is 1.92. The number of halogens is 1. The van der Waals surface area contributed by atoms with Crippen LogP contribution in [-0.4, -0.2) is 9.97 Å². The first-order valence-electron chi connectivity index (χ1n) is 2.71. The van der Waals surface area contributed by atoms with Gasteiger partial charge in [-0.15, -0.1) is 12.4 Å². The molecule has 0 N–H and O–H groups in total. The van der Waals surface area contributed by atoms with Crippen molar-refractivity contribution in [3.05, 3.63) is 32.8 Å². The van der Waals surface area contributed by atoms with E-state index < -0.39 is 11.0 Å². The normalized spacial score (nSPS) is 9.82. The Morgan fingerprint density at radius 3 is 2.64 bits per heavy atom. The van der Waals surface area contributed by atoms with E-state index in [4.69, 9.17) is 0 Å². The molecule has 56 valence electrons. The fourth-order valence-electron chi connectivity index (χ4n) is 0.854. The molecule has 4 nitrogen and oxygen atoms in total. The van der Waals surface area contributed by atoms with Gasteiger partial charge in [0.05, 0.1) is 5.69 Å². The molecular weight excluding hydrogens is 168 g/mol. The zero-order valence-electron chi connectivity index (χ0n) is 5.27. The predicted molar refractivity (Wildman–Crippen MR) is 40.8 cm³/mol. The Morgan fingerprint density at radius 1 is 1.27 bits per heavy atom. The van der Waals surface area contributed by atoms with E-state index in [1.54, 1.807) is 0 Å². The van der Waals surface area contributed by atoms with Gasteiger partial charge in [0.25, 0.3) is 5.43 Å². The fourth-order valence-corrected chi connectivity index (χ4v) is 0.854. The third kappa shape index (κ3) is 0.914. The van der Waals surface area contributed by atoms with Crippen LogP contribution >= 0.6 is 12.4 Å². The van der Waals surface area contributed by atoms with Crippen molar-refractivity contribution in [2.75, 3.05) is 0 Å². The molecule has 0 spiro atoms. The molecule has 0 radical (unpaired) electrons. The summed E-state index contributed by atoms with van der Waals surface area (Å²) in [5, 5.41) is 0. The van der Waals surface area contributed by atoms with Crippen LogP contribution in [0.2, 0.25) is 0 Å². The average molecular weight is 171 g/mol. The smallest absolute Gasteiger partial charge is 0.281 e. The van der Waals surface area contributed by atoms with Gasteiger partial charge in [-0.2, -0.15) is 0 Å². The second-order valence-corrected chi connectivity index (χ2v) is 1.92. The maximum Gasteiger partial charge on any atom is 0.320 e. The quantitative estimate of drug-likeness (QED) is 0.505. The maximum atomic E-state index is 10.8. The minimum Gasteiger partial charge on any atom is -0.281 e. The van der Waals surface area contributed by atoms with Gasteiger partial charge in [0.1, 0.15) is 5.69 Å². The van der Waals surface area contributed by atoms with Gasteiger partial charge in [-0.05, 0) is 6.07 Å². The standard InChI is InChI=1S/C6H2N2O2.ClH/c9-5-4-3(1-2-7-4)8-6(5)10;/h1-2H;1H. The van der Waals surface area contributed by atoms with Gasteiger partial charge >= 0.3 is 5.56 Å². The summed E-state index contributed by atoms with van der Waals surface area (Å²) >= 11 is 0. The molecule has 0 aromatic carbocycles. The number of hydrogen-bond acceptors (Lipinski definition) is 4. The number of aromatic nitrogens is 2. The van der Waals surface area contributed by atoms with Crippen LogP contribution in [0.3, 0.4) is 0 Å². The first-order valence-corrected chi connectivity index (χ1v) is 2.71. The summed E-state index contributed by atoms with van der Waals surface area (Å²) in [6.45, 7) is 0. The zero-order valence-corrected chi connectivity index (χ0v) is 6.09. The largest absolute Gasteiger partial charge is 0.320 e. The first-order chi connectivity index (χ1) is 4.79. The molecule has 0 aliphatic carbocycles. The number of fused-ring (bicyclic) bond motifs is 1. The van der Waals surface area contributed by atoms with Crippen LogP contribution in [0.15, 0.2) is 21.9 Å². The lowest BCUT2D eigenvalue weighted by molar-refractivity contribution is 1.30. The van der Waals surface area contributed by atoms with Crippen LogP contribution in [0.5, 0.6) is 0 Å². The molecule has 0 aromatic rings. The third-order valence-electron chi connectivity index (χ3n) is 1.31. The highest BCUT2D eigenvalue weighted by atomic mass is 35.5. The summed E-state index contributed by atoms with van der Waals surface area (Å²) in [5.74, 6) is 0. The van der Waals surface area contributed by atoms with E-state index >= 15 is 0 Å². The Bertz CT molecular complexity index is 419. The van der Waals surface area contributed by atoms with Crippen molar-refractivity contribution in [1.29, 1.82) is 0 Å². The SMILES string of the molecule is Cl.O=c1nc2ccnc-2c1=O. The van der Waals surface area contributed by atoms with Gasteiger partial charge in [0, 0.05) is 6.20 Å². The van der Waals surface area contributed by atoms with Gasteiger partial charge in [0.2, 0.25) is 0 Å². The molecule has 2 aliphatic rings. The van der Waals surface area contributed by atoms with E-state index in [-0.39, 0.29) is 18.1 Å². The van der Waals surface area contributed by atoms with Crippen molar-refractivity contribution in [1.82, 2.24) is 9.97 Å². The fraction of sp³-hybridized carbons (Fsp3) is 0. The van der Waals surface area contributed by atoms with E-state index in [0.29, 0.717) is 5.69 Å². The van der Waals surface area contributed by atoms with Crippen molar-refractivity contribution in [2.24, 2.45) is 0 Å². The van der Waals surface area contributed by atoms with Crippen molar-refractivity contribution < 1.29 is 0 Å². The topological polar surface area (TPSA) is 59.9 Å². The predicted octanol–water partition coefficient (Wildman–Crippen LogP) is -0.401. The van der Waals surface area contributed by atoms with E-state index in [1.165, 1.54) is 12.3 Å². The highest BCUT2D eigenvalue weighted by Gasteiger charge is 2.14. The Labute approximate surface area is 67.4 Å². The molecule has 0 saturated carbocycles. The molecule has 2 rings (SSSR count). The molecule has 0 amide bonds. The molecule has 5 heteroatoms. The molecule has 0 atom stereocenters. The first kappa shape index (κ1) is 7.81. The Morgan fingerprint density at radius 2 is 2.00 bits per heavy atom. The maximum absolute atomic E-state index is 10.8. The summed E-state index contributed by atoms with van der Waals surface area (Å²) in [7, 11) is 0. The van der Waals surface area contributed by atoms with E-state index in [9.17, 15) is 9.59 Å². The Kier molecular flexibility index (Phi) is 1.70. The second kappa shape index (κ2) is 2.39. The zero-order chi connectivity index (χ0) is 7.14. The molecule has 0 saturated heterocycles. The lowest BCUT2D eigenvalue weighted by atomic mass is 10.4. The molecule has 0 unspecified atom stereocenters. The van der Waals surface area contributed by atoms with E-state index in [0.717, 1.165) is 0 Å². The summed E-state index contributed by atoms with van der Waals surface area (Å²) in [5.41, 5.74) is -0.724. The molecule has 0 fully saturated rings. The van der Waals surface area contributed by atoms with Gasteiger partial charge < -0.3 is 0 Å². The lowest BCUT2D eigenvalue weighted by Gasteiger charge is -1.72. The summed E-state index contributed by atoms with van der Waals surface area (Å²) < 4.78 is 0. The number of hydrogen-bond donors (Lipinski definition) is 0. The van der Waals surface area contributed by atoms with Crippen LogP contribution in [-0.2, 0) is 0 Å². The van der Waals surface area contributed by atoms with Crippen LogP contribution < -0.4 is 11.0 Å². The van der Waals surface area contributed by atoms with Crippen molar-refractivity contribution >= 4 is 12.4 Å². The molecular formula is C6H3ClN2O2. The van der Waals surface area contributed by atoms with Gasteiger partial charge in [0.15, 0.2) is 0 Å². The van der Waals surface area contributed by atoms with Crippen molar-refractivity contribution in [3.63, 3.8) is 0 Å². The molecule has 11 heavy (non-hydrogen) atoms. The Balaban J connectivity index is 0.000000605. The molecule has 2 heterocycles. The van der Waals surface area contributed by atoms with Gasteiger partial charge in [-0.25, -0.2) is 4.98 Å². The number of rotatable bonds is 0. The summed E-state index contributed by atoms with van der Waals surface area (Å²) in [6.07, 6.45) is 1.46. The molecule has 0 aromatic heterocycles. The van der Waals surface area contributed by atoms with E-state index in [2.05, 4.69) is 9.97 Å². The molecule has 0 bridgehead atoms. The van der Waals surface area contributed by atoms with Crippen LogP contribution in [0.1, 0.15) is 0 Å². The lowest BCUT2D eigenvalue weighted by Crippen LogP contribution is -2.19. The number of nitrogens with zero attached hydrogens (tertiary/aromatic N) is 2. The summed E-state index contributed by atoms with van der Waals surface area (Å²) in [6, 6.07) is 1.54. The highest BCUT2D eigenvalue weighted by molar-refractivity contribution is 5.85. The molecule has 2 aliphatic heterocycles. The van der Waals surface area contributed by atoms with E-state index in [1.807, 2.05) is 0 Å². The van der Waals surface area contributed by atoms with Crippen LogP contribution in [0, 0.1) is 0 Å². The van der Waals surface area contributed by atoms with Crippen LogP contribution in [0.4, 0.5) is 0 Å². The monoisotopic (exact) mass is 170 g/mol. The average Bonchev–Trinajstić information content (AvgIpc) is 2.41. The third-order valence-corrected chi connectivity index (χ3v) is 1.31. The van der Waals surface area contributed by atoms with Crippen LogP contribution in [0.25, 0.3) is 11.4 Å². The van der Waals surface area contributed by atoms with Gasteiger partial charge in [-0.1, -0.05) is 0 Å². The van der Waals surface area contributed by atoms with Crippen molar-refractivity contribution in [2.45, 2.75) is 0 Å². The highest BCUT2D eigenvalue weighted by Crippen LogP contribution is 2.08. The van der Waals surface area contributed by atoms with Crippen molar-refractivity contribution in [3.8, 4) is 11.4 Å². The minimum atomic E-state index is -0.710. The minimum absolute atomic E-state index is 0. The Hall–Kier alpha value is -1.29. The van der Waals surface area contributed by atoms with Gasteiger partial charge in [-0.3, -0.25) is 14.6 Å².